The van der Waals surface area contributed by atoms with Crippen molar-refractivity contribution in [1.82, 2.24) is 5.32 Å². The van der Waals surface area contributed by atoms with E-state index in [-0.39, 0.29) is 6.04 Å². The van der Waals surface area contributed by atoms with E-state index >= 15 is 0 Å². The minimum absolute atomic E-state index is 0.281. The summed E-state index contributed by atoms with van der Waals surface area (Å²) in [6.07, 6.45) is 0. The lowest BCUT2D eigenvalue weighted by Crippen LogP contribution is -2.28. The molecular weight excluding hydrogens is 222 g/mol. The van der Waals surface area contributed by atoms with Gasteiger partial charge in [-0.15, -0.1) is 0 Å². The molecule has 0 heterocycles. The largest absolute Gasteiger partial charge is 0.383 e. The van der Waals surface area contributed by atoms with Gasteiger partial charge in [0.05, 0.1) is 6.61 Å². The molecule has 0 saturated carbocycles. The first-order valence-corrected chi connectivity index (χ1v) is 6.01. The quantitative estimate of drug-likeness (QED) is 0.772. The monoisotopic (exact) mass is 241 g/mol. The SMILES string of the molecule is COCCNC(c1ccccc1Cl)C(C)C. The molecular formula is C13H20ClNO. The van der Waals surface area contributed by atoms with Gasteiger partial charge in [0.1, 0.15) is 0 Å². The molecule has 2 nitrogen and oxygen atoms in total. The van der Waals surface area contributed by atoms with Crippen LogP contribution in [0.4, 0.5) is 0 Å². The van der Waals surface area contributed by atoms with E-state index in [2.05, 4.69) is 25.2 Å². The molecule has 0 aliphatic carbocycles. The Labute approximate surface area is 103 Å². The third-order valence-corrected chi connectivity index (χ3v) is 2.92. The molecule has 1 rings (SSSR count). The van der Waals surface area contributed by atoms with Gasteiger partial charge in [-0.1, -0.05) is 43.6 Å². The van der Waals surface area contributed by atoms with E-state index in [1.54, 1.807) is 7.11 Å². The highest BCUT2D eigenvalue weighted by molar-refractivity contribution is 6.31. The fourth-order valence-electron chi connectivity index (χ4n) is 1.75. The van der Waals surface area contributed by atoms with Crippen molar-refractivity contribution in [3.8, 4) is 0 Å². The highest BCUT2D eigenvalue weighted by Crippen LogP contribution is 2.27. The molecule has 1 unspecified atom stereocenters. The first kappa shape index (κ1) is 13.5. The van der Waals surface area contributed by atoms with Crippen molar-refractivity contribution in [3.63, 3.8) is 0 Å². The Morgan fingerprint density at radius 1 is 1.31 bits per heavy atom. The van der Waals surface area contributed by atoms with Crippen molar-refractivity contribution >= 4 is 11.6 Å². The zero-order valence-corrected chi connectivity index (χ0v) is 10.9. The maximum atomic E-state index is 6.20. The van der Waals surface area contributed by atoms with E-state index in [1.807, 2.05) is 18.2 Å². The van der Waals surface area contributed by atoms with Crippen LogP contribution in [0.1, 0.15) is 25.5 Å². The molecule has 3 heteroatoms. The molecule has 0 saturated heterocycles. The van der Waals surface area contributed by atoms with Gasteiger partial charge in [-0.3, -0.25) is 0 Å². The molecule has 90 valence electrons. The Hall–Kier alpha value is -0.570. The molecule has 0 fully saturated rings. The lowest BCUT2D eigenvalue weighted by Gasteiger charge is -2.23. The van der Waals surface area contributed by atoms with Crippen LogP contribution < -0.4 is 5.32 Å². The lowest BCUT2D eigenvalue weighted by atomic mass is 9.96. The predicted octanol–water partition coefficient (Wildman–Crippen LogP) is 3.27. The normalized spacial score (nSPS) is 13.1. The van der Waals surface area contributed by atoms with Crippen LogP contribution in [-0.2, 0) is 4.74 Å². The number of methoxy groups -OCH3 is 1. The molecule has 0 spiro atoms. The second kappa shape index (κ2) is 6.89. The van der Waals surface area contributed by atoms with E-state index in [1.165, 1.54) is 0 Å². The van der Waals surface area contributed by atoms with Gasteiger partial charge < -0.3 is 10.1 Å². The molecule has 0 aromatic heterocycles. The van der Waals surface area contributed by atoms with Crippen LogP contribution in [0.2, 0.25) is 5.02 Å². The lowest BCUT2D eigenvalue weighted by molar-refractivity contribution is 0.192. The molecule has 0 amide bonds. The van der Waals surface area contributed by atoms with Gasteiger partial charge in [0.2, 0.25) is 0 Å². The molecule has 1 aromatic rings. The summed E-state index contributed by atoms with van der Waals surface area (Å²) in [4.78, 5) is 0. The summed E-state index contributed by atoms with van der Waals surface area (Å²) in [6.45, 7) is 5.93. The number of rotatable bonds is 6. The van der Waals surface area contributed by atoms with Crippen molar-refractivity contribution in [2.75, 3.05) is 20.3 Å². The fourth-order valence-corrected chi connectivity index (χ4v) is 2.00. The van der Waals surface area contributed by atoms with Gasteiger partial charge in [-0.25, -0.2) is 0 Å². The zero-order valence-electron chi connectivity index (χ0n) is 10.2. The number of halogens is 1. The smallest absolute Gasteiger partial charge is 0.0587 e. The van der Waals surface area contributed by atoms with Crippen molar-refractivity contribution in [2.24, 2.45) is 5.92 Å². The van der Waals surface area contributed by atoms with Crippen LogP contribution in [-0.4, -0.2) is 20.3 Å². The van der Waals surface area contributed by atoms with Crippen molar-refractivity contribution < 1.29 is 4.74 Å². The molecule has 16 heavy (non-hydrogen) atoms. The second-order valence-electron chi connectivity index (χ2n) is 4.19. The minimum Gasteiger partial charge on any atom is -0.383 e. The number of hydrogen-bond donors (Lipinski definition) is 1. The topological polar surface area (TPSA) is 21.3 Å². The summed E-state index contributed by atoms with van der Waals surface area (Å²) in [6, 6.07) is 8.27. The Kier molecular flexibility index (Phi) is 5.81. The maximum Gasteiger partial charge on any atom is 0.0587 e. The third kappa shape index (κ3) is 3.78. The number of benzene rings is 1. The summed E-state index contributed by atoms with van der Waals surface area (Å²) >= 11 is 6.20. The van der Waals surface area contributed by atoms with Crippen LogP contribution in [0.5, 0.6) is 0 Å². The minimum atomic E-state index is 0.281. The van der Waals surface area contributed by atoms with Gasteiger partial charge in [-0.05, 0) is 17.5 Å². The number of nitrogens with one attached hydrogen (secondary N) is 1. The van der Waals surface area contributed by atoms with E-state index < -0.39 is 0 Å². The van der Waals surface area contributed by atoms with E-state index in [4.69, 9.17) is 16.3 Å². The summed E-state index contributed by atoms with van der Waals surface area (Å²) in [5.74, 6) is 0.497. The Morgan fingerprint density at radius 2 is 2.00 bits per heavy atom. The van der Waals surface area contributed by atoms with Crippen LogP contribution >= 0.6 is 11.6 Å². The summed E-state index contributed by atoms with van der Waals surface area (Å²) in [7, 11) is 1.71. The van der Waals surface area contributed by atoms with E-state index in [0.29, 0.717) is 12.5 Å². The Bertz CT molecular complexity index is 315. The van der Waals surface area contributed by atoms with Gasteiger partial charge >= 0.3 is 0 Å². The summed E-state index contributed by atoms with van der Waals surface area (Å²) in [5.41, 5.74) is 1.16. The first-order valence-electron chi connectivity index (χ1n) is 5.63. The average molecular weight is 242 g/mol. The molecule has 0 bridgehead atoms. The third-order valence-electron chi connectivity index (χ3n) is 2.58. The molecule has 1 N–H and O–H groups in total. The molecule has 0 radical (unpaired) electrons. The highest BCUT2D eigenvalue weighted by Gasteiger charge is 2.17. The van der Waals surface area contributed by atoms with Crippen LogP contribution in [0.25, 0.3) is 0 Å². The van der Waals surface area contributed by atoms with E-state index in [0.717, 1.165) is 17.1 Å². The Morgan fingerprint density at radius 3 is 2.56 bits per heavy atom. The maximum absolute atomic E-state index is 6.20. The molecule has 0 aliphatic rings. The predicted molar refractivity (Wildman–Crippen MR) is 68.9 cm³/mol. The van der Waals surface area contributed by atoms with Gasteiger partial charge in [-0.2, -0.15) is 0 Å². The first-order chi connectivity index (χ1) is 7.66. The van der Waals surface area contributed by atoms with Gasteiger partial charge in [0.15, 0.2) is 0 Å². The van der Waals surface area contributed by atoms with Crippen molar-refractivity contribution in [2.45, 2.75) is 19.9 Å². The van der Waals surface area contributed by atoms with Gasteiger partial charge in [0, 0.05) is 24.7 Å². The number of ether oxygens (including phenoxy) is 1. The van der Waals surface area contributed by atoms with Crippen molar-refractivity contribution in [1.29, 1.82) is 0 Å². The molecule has 1 atom stereocenters. The summed E-state index contributed by atoms with van der Waals surface area (Å²) < 4.78 is 5.04. The van der Waals surface area contributed by atoms with Crippen LogP contribution in [0, 0.1) is 5.92 Å². The van der Waals surface area contributed by atoms with Gasteiger partial charge in [0.25, 0.3) is 0 Å². The Balaban J connectivity index is 2.74. The van der Waals surface area contributed by atoms with Crippen molar-refractivity contribution in [3.05, 3.63) is 34.9 Å². The highest BCUT2D eigenvalue weighted by atomic mass is 35.5. The molecule has 0 aliphatic heterocycles. The number of hydrogen-bond acceptors (Lipinski definition) is 2. The van der Waals surface area contributed by atoms with Crippen LogP contribution in [0.3, 0.4) is 0 Å². The standard InChI is InChI=1S/C13H20ClNO/c1-10(2)13(15-8-9-16-3)11-6-4-5-7-12(11)14/h4-7,10,13,15H,8-9H2,1-3H3. The second-order valence-corrected chi connectivity index (χ2v) is 4.60. The summed E-state index contributed by atoms with van der Waals surface area (Å²) in [5, 5.41) is 4.29. The van der Waals surface area contributed by atoms with Crippen LogP contribution in [0.15, 0.2) is 24.3 Å². The average Bonchev–Trinajstić information content (AvgIpc) is 2.25. The van der Waals surface area contributed by atoms with E-state index in [9.17, 15) is 0 Å². The molecule has 1 aromatic carbocycles. The zero-order chi connectivity index (χ0) is 12.0. The fraction of sp³-hybridized carbons (Fsp3) is 0.538.